The van der Waals surface area contributed by atoms with E-state index in [1.165, 1.54) is 14.0 Å². The van der Waals surface area contributed by atoms with Gasteiger partial charge in [-0.1, -0.05) is 29.8 Å². The monoisotopic (exact) mass is 455 g/mol. The molecule has 1 aromatic heterocycles. The van der Waals surface area contributed by atoms with Crippen LogP contribution in [0.5, 0.6) is 0 Å². The number of alkyl halides is 3. The van der Waals surface area contributed by atoms with E-state index in [-0.39, 0.29) is 23.1 Å². The van der Waals surface area contributed by atoms with Crippen LogP contribution in [0.15, 0.2) is 46.9 Å². The molecule has 164 valence electrons. The number of esters is 1. The lowest BCUT2D eigenvalue weighted by atomic mass is 10.1. The van der Waals surface area contributed by atoms with Gasteiger partial charge in [0.15, 0.2) is 6.10 Å². The van der Waals surface area contributed by atoms with Crippen molar-refractivity contribution in [2.45, 2.75) is 25.8 Å². The van der Waals surface area contributed by atoms with Gasteiger partial charge in [-0.15, -0.1) is 0 Å². The van der Waals surface area contributed by atoms with Crippen LogP contribution in [0.1, 0.15) is 28.6 Å². The molecule has 1 unspecified atom stereocenters. The molecule has 1 atom stereocenters. The van der Waals surface area contributed by atoms with Crippen LogP contribution in [0.3, 0.4) is 0 Å². The largest absolute Gasteiger partial charge is 0.449 e. The Bertz CT molecular complexity index is 1130. The van der Waals surface area contributed by atoms with Gasteiger partial charge in [0.1, 0.15) is 5.58 Å². The maximum Gasteiger partial charge on any atom is 0.416 e. The minimum absolute atomic E-state index is 0.0713. The molecule has 0 saturated carbocycles. The van der Waals surface area contributed by atoms with Crippen LogP contribution in [-0.4, -0.2) is 25.1 Å². The molecule has 0 radical (unpaired) electrons. The van der Waals surface area contributed by atoms with Crippen molar-refractivity contribution in [3.05, 3.63) is 64.4 Å². The van der Waals surface area contributed by atoms with Crippen molar-refractivity contribution in [2.75, 3.05) is 12.4 Å². The molecule has 10 heteroatoms. The predicted molar refractivity (Wildman–Crippen MR) is 107 cm³/mol. The molecule has 3 rings (SSSR count). The Morgan fingerprint density at radius 2 is 1.90 bits per heavy atom. The molecule has 0 aliphatic carbocycles. The van der Waals surface area contributed by atoms with Gasteiger partial charge in [-0.25, -0.2) is 4.79 Å². The lowest BCUT2D eigenvalue weighted by Gasteiger charge is -2.15. The molecule has 1 amide bonds. The highest BCUT2D eigenvalue weighted by atomic mass is 35.5. The summed E-state index contributed by atoms with van der Waals surface area (Å²) in [5.74, 6) is -1.90. The maximum absolute atomic E-state index is 12.9. The second-order valence-electron chi connectivity index (χ2n) is 6.57. The smallest absolute Gasteiger partial charge is 0.416 e. The lowest BCUT2D eigenvalue weighted by molar-refractivity contribution is -0.137. The number of hydrogen-bond acceptors (Lipinski definition) is 5. The summed E-state index contributed by atoms with van der Waals surface area (Å²) in [5.41, 5.74) is -0.345. The summed E-state index contributed by atoms with van der Waals surface area (Å²) in [4.78, 5) is 25.0. The van der Waals surface area contributed by atoms with E-state index in [9.17, 15) is 22.8 Å². The van der Waals surface area contributed by atoms with Crippen LogP contribution in [-0.2, 0) is 27.1 Å². The average Bonchev–Trinajstić information content (AvgIpc) is 3.08. The van der Waals surface area contributed by atoms with E-state index >= 15 is 0 Å². The fourth-order valence-electron chi connectivity index (χ4n) is 2.85. The third-order valence-electron chi connectivity index (χ3n) is 4.38. The lowest BCUT2D eigenvalue weighted by Crippen LogP contribution is -2.30. The second-order valence-corrected chi connectivity index (χ2v) is 6.98. The van der Waals surface area contributed by atoms with Gasteiger partial charge in [0.25, 0.3) is 5.91 Å². The number of halogens is 4. The molecule has 0 aliphatic heterocycles. The highest BCUT2D eigenvalue weighted by Crippen LogP contribution is 2.34. The fraction of sp³-hybridized carbons (Fsp3) is 0.238. The van der Waals surface area contributed by atoms with E-state index in [2.05, 4.69) is 5.32 Å². The van der Waals surface area contributed by atoms with Crippen molar-refractivity contribution in [3.63, 3.8) is 0 Å². The molecule has 0 spiro atoms. The van der Waals surface area contributed by atoms with Gasteiger partial charge in [-0.05, 0) is 31.2 Å². The number of hydrogen-bond donors (Lipinski definition) is 1. The molecular weight excluding hydrogens is 439 g/mol. The van der Waals surface area contributed by atoms with Crippen LogP contribution < -0.4 is 5.32 Å². The van der Waals surface area contributed by atoms with Crippen LogP contribution >= 0.6 is 11.6 Å². The topological polar surface area (TPSA) is 77.8 Å². The number of ether oxygens (including phenoxy) is 2. The molecule has 2 aromatic carbocycles. The number of nitrogens with one attached hydrogen (secondary N) is 1. The summed E-state index contributed by atoms with van der Waals surface area (Å²) >= 11 is 5.88. The van der Waals surface area contributed by atoms with Gasteiger partial charge < -0.3 is 19.2 Å². The van der Waals surface area contributed by atoms with E-state index in [1.54, 1.807) is 24.3 Å². The summed E-state index contributed by atoms with van der Waals surface area (Å²) in [6.07, 6.45) is -5.96. The van der Waals surface area contributed by atoms with E-state index in [1.807, 2.05) is 0 Å². The number of furan rings is 1. The Hall–Kier alpha value is -3.04. The Kier molecular flexibility index (Phi) is 6.56. The quantitative estimate of drug-likeness (QED) is 0.501. The number of para-hydroxylation sites is 1. The second kappa shape index (κ2) is 8.99. The number of carbonyl (C=O) groups excluding carboxylic acids is 2. The van der Waals surface area contributed by atoms with Crippen LogP contribution in [0.4, 0.5) is 18.9 Å². The first-order chi connectivity index (χ1) is 14.6. The van der Waals surface area contributed by atoms with Gasteiger partial charge in [-0.3, -0.25) is 4.79 Å². The van der Waals surface area contributed by atoms with Crippen molar-refractivity contribution in [3.8, 4) is 0 Å². The van der Waals surface area contributed by atoms with Crippen molar-refractivity contribution >= 4 is 40.1 Å². The molecule has 3 aromatic rings. The first-order valence-corrected chi connectivity index (χ1v) is 9.37. The van der Waals surface area contributed by atoms with Crippen LogP contribution in [0.25, 0.3) is 11.0 Å². The standard InChI is InChI=1S/C21H17ClF3NO5/c1-11(19(27)26-16-9-12(21(23,24)25)7-8-15(16)22)30-20(28)18-14(10-29-2)13-5-3-4-6-17(13)31-18/h3-9,11H,10H2,1-2H3,(H,26,27). The highest BCUT2D eigenvalue weighted by Gasteiger charge is 2.31. The van der Waals surface area contributed by atoms with E-state index in [0.717, 1.165) is 12.1 Å². The molecule has 0 aliphatic rings. The Labute approximate surface area is 179 Å². The zero-order chi connectivity index (χ0) is 22.8. The molecular formula is C21H17ClF3NO5. The van der Waals surface area contributed by atoms with E-state index in [0.29, 0.717) is 22.6 Å². The Balaban J connectivity index is 1.77. The minimum Gasteiger partial charge on any atom is -0.449 e. The number of rotatable bonds is 6. The van der Waals surface area contributed by atoms with Gasteiger partial charge in [-0.2, -0.15) is 13.2 Å². The van der Waals surface area contributed by atoms with Gasteiger partial charge >= 0.3 is 12.1 Å². The molecule has 0 fully saturated rings. The maximum atomic E-state index is 12.9. The summed E-state index contributed by atoms with van der Waals surface area (Å²) in [6.45, 7) is 1.34. The third-order valence-corrected chi connectivity index (χ3v) is 4.71. The number of carbonyl (C=O) groups is 2. The molecule has 1 heterocycles. The summed E-state index contributed by atoms with van der Waals surface area (Å²) in [6, 6.07) is 9.41. The fourth-order valence-corrected chi connectivity index (χ4v) is 3.02. The molecule has 0 bridgehead atoms. The zero-order valence-corrected chi connectivity index (χ0v) is 17.1. The van der Waals surface area contributed by atoms with Crippen molar-refractivity contribution in [1.29, 1.82) is 0 Å². The van der Waals surface area contributed by atoms with Gasteiger partial charge in [0.2, 0.25) is 5.76 Å². The molecule has 6 nitrogen and oxygen atoms in total. The van der Waals surface area contributed by atoms with Crippen LogP contribution in [0, 0.1) is 0 Å². The normalized spacial score (nSPS) is 12.6. The number of fused-ring (bicyclic) bond motifs is 1. The number of anilines is 1. The van der Waals surface area contributed by atoms with Crippen LogP contribution in [0.2, 0.25) is 5.02 Å². The Morgan fingerprint density at radius 3 is 2.58 bits per heavy atom. The van der Waals surface area contributed by atoms with E-state index < -0.39 is 29.7 Å². The van der Waals surface area contributed by atoms with Crippen molar-refractivity contribution in [1.82, 2.24) is 0 Å². The van der Waals surface area contributed by atoms with Crippen molar-refractivity contribution < 1.29 is 36.7 Å². The van der Waals surface area contributed by atoms with Gasteiger partial charge in [0, 0.05) is 18.1 Å². The summed E-state index contributed by atoms with van der Waals surface area (Å²) in [7, 11) is 1.45. The minimum atomic E-state index is -4.61. The number of methoxy groups -OCH3 is 1. The van der Waals surface area contributed by atoms with Gasteiger partial charge in [0.05, 0.1) is 22.9 Å². The predicted octanol–water partition coefficient (Wildman–Crippen LogP) is 5.44. The molecule has 0 saturated heterocycles. The summed E-state index contributed by atoms with van der Waals surface area (Å²) < 4.78 is 54.5. The average molecular weight is 456 g/mol. The first-order valence-electron chi connectivity index (χ1n) is 8.99. The zero-order valence-electron chi connectivity index (χ0n) is 16.4. The van der Waals surface area contributed by atoms with E-state index in [4.69, 9.17) is 25.5 Å². The third kappa shape index (κ3) is 5.00. The Morgan fingerprint density at radius 1 is 1.19 bits per heavy atom. The summed E-state index contributed by atoms with van der Waals surface area (Å²) in [5, 5.41) is 2.80. The number of benzene rings is 2. The number of amides is 1. The first kappa shape index (κ1) is 22.6. The highest BCUT2D eigenvalue weighted by molar-refractivity contribution is 6.33. The van der Waals surface area contributed by atoms with Crippen molar-refractivity contribution in [2.24, 2.45) is 0 Å². The SMILES string of the molecule is COCc1c(C(=O)OC(C)C(=O)Nc2cc(C(F)(F)F)ccc2Cl)oc2ccccc12. The molecule has 1 N–H and O–H groups in total. The molecule has 31 heavy (non-hydrogen) atoms.